The van der Waals surface area contributed by atoms with E-state index in [1.165, 1.54) is 4.68 Å². The molecule has 33 heavy (non-hydrogen) atoms. The monoisotopic (exact) mass is 447 g/mol. The van der Waals surface area contributed by atoms with Crippen LogP contribution in [-0.2, 0) is 12.1 Å². The van der Waals surface area contributed by atoms with Gasteiger partial charge in [0.2, 0.25) is 0 Å². The van der Waals surface area contributed by atoms with Crippen LogP contribution in [0.4, 0.5) is 10.2 Å². The highest BCUT2D eigenvalue weighted by Gasteiger charge is 2.21. The SMILES string of the molecule is Cc1c(C#N)cccc1-c1nc(N)c(F)c(-c2cn(Cc3ccn(C(C)(C)CO)n3)nn2)n1. The molecule has 3 aromatic heterocycles. The molecule has 1 aromatic carbocycles. The number of anilines is 1. The van der Waals surface area contributed by atoms with Crippen LogP contribution in [0.3, 0.4) is 0 Å². The highest BCUT2D eigenvalue weighted by atomic mass is 19.1. The van der Waals surface area contributed by atoms with Crippen molar-refractivity contribution in [2.45, 2.75) is 32.9 Å². The van der Waals surface area contributed by atoms with E-state index in [-0.39, 0.29) is 29.6 Å². The van der Waals surface area contributed by atoms with Gasteiger partial charge in [-0.2, -0.15) is 10.4 Å². The third kappa shape index (κ3) is 4.16. The molecule has 0 spiro atoms. The number of nitrogens with two attached hydrogens (primary N) is 1. The van der Waals surface area contributed by atoms with Gasteiger partial charge in [0, 0.05) is 11.8 Å². The van der Waals surface area contributed by atoms with Gasteiger partial charge in [-0.3, -0.25) is 4.68 Å². The molecule has 0 aliphatic carbocycles. The predicted octanol–water partition coefficient (Wildman–Crippen LogP) is 2.28. The number of rotatable bonds is 6. The zero-order valence-electron chi connectivity index (χ0n) is 18.4. The molecule has 4 rings (SSSR count). The second-order valence-electron chi connectivity index (χ2n) is 8.21. The third-order valence-corrected chi connectivity index (χ3v) is 5.33. The molecule has 4 aromatic rings. The largest absolute Gasteiger partial charge is 0.394 e. The lowest BCUT2D eigenvalue weighted by molar-refractivity contribution is 0.151. The van der Waals surface area contributed by atoms with Crippen LogP contribution >= 0.6 is 0 Å². The van der Waals surface area contributed by atoms with Gasteiger partial charge in [-0.25, -0.2) is 19.0 Å². The maximum Gasteiger partial charge on any atom is 0.193 e. The molecule has 168 valence electrons. The van der Waals surface area contributed by atoms with Crippen molar-refractivity contribution in [3.8, 4) is 28.8 Å². The van der Waals surface area contributed by atoms with Gasteiger partial charge in [-0.1, -0.05) is 17.3 Å². The summed E-state index contributed by atoms with van der Waals surface area (Å²) >= 11 is 0. The fraction of sp³-hybridized carbons (Fsp3) is 0.273. The number of hydrogen-bond donors (Lipinski definition) is 2. The number of aromatic nitrogens is 7. The van der Waals surface area contributed by atoms with E-state index in [2.05, 4.69) is 31.4 Å². The summed E-state index contributed by atoms with van der Waals surface area (Å²) in [5.74, 6) is -0.928. The smallest absolute Gasteiger partial charge is 0.193 e. The van der Waals surface area contributed by atoms with Gasteiger partial charge in [0.25, 0.3) is 0 Å². The quantitative estimate of drug-likeness (QED) is 0.458. The van der Waals surface area contributed by atoms with Crippen molar-refractivity contribution in [3.05, 3.63) is 59.3 Å². The molecule has 0 saturated carbocycles. The molecular weight excluding hydrogens is 425 g/mol. The number of nitrogens with zero attached hydrogens (tertiary/aromatic N) is 8. The van der Waals surface area contributed by atoms with Crippen molar-refractivity contribution in [1.82, 2.24) is 34.7 Å². The summed E-state index contributed by atoms with van der Waals surface area (Å²) in [5, 5.41) is 31.4. The Balaban J connectivity index is 1.67. The number of halogens is 1. The van der Waals surface area contributed by atoms with Gasteiger partial charge >= 0.3 is 0 Å². The van der Waals surface area contributed by atoms with Crippen LogP contribution < -0.4 is 5.73 Å². The van der Waals surface area contributed by atoms with E-state index in [0.717, 1.165) is 0 Å². The van der Waals surface area contributed by atoms with Gasteiger partial charge in [0.15, 0.2) is 17.5 Å². The van der Waals surface area contributed by atoms with Gasteiger partial charge in [0.05, 0.1) is 42.2 Å². The number of nitriles is 1. The maximum atomic E-state index is 14.8. The summed E-state index contributed by atoms with van der Waals surface area (Å²) in [6.45, 7) is 5.73. The highest BCUT2D eigenvalue weighted by molar-refractivity contribution is 5.69. The van der Waals surface area contributed by atoms with E-state index in [9.17, 15) is 14.8 Å². The maximum absolute atomic E-state index is 14.8. The van der Waals surface area contributed by atoms with Crippen LogP contribution in [0.2, 0.25) is 0 Å². The second-order valence-corrected chi connectivity index (χ2v) is 8.21. The lowest BCUT2D eigenvalue weighted by Crippen LogP contribution is -2.31. The highest BCUT2D eigenvalue weighted by Crippen LogP contribution is 2.28. The summed E-state index contributed by atoms with van der Waals surface area (Å²) in [6.07, 6.45) is 3.32. The zero-order valence-corrected chi connectivity index (χ0v) is 18.4. The average Bonchev–Trinajstić information content (AvgIpc) is 3.46. The Kier molecular flexibility index (Phi) is 5.61. The van der Waals surface area contributed by atoms with Crippen molar-refractivity contribution in [1.29, 1.82) is 5.26 Å². The first kappa shape index (κ1) is 22.0. The summed E-state index contributed by atoms with van der Waals surface area (Å²) in [5.41, 5.74) is 7.80. The van der Waals surface area contributed by atoms with E-state index in [1.807, 2.05) is 19.9 Å². The first-order valence-corrected chi connectivity index (χ1v) is 10.1. The summed E-state index contributed by atoms with van der Waals surface area (Å²) in [4.78, 5) is 8.41. The van der Waals surface area contributed by atoms with Crippen LogP contribution in [0.1, 0.15) is 30.7 Å². The van der Waals surface area contributed by atoms with Crippen LogP contribution in [0.25, 0.3) is 22.8 Å². The van der Waals surface area contributed by atoms with Crippen LogP contribution in [0.15, 0.2) is 36.7 Å². The molecule has 3 heterocycles. The van der Waals surface area contributed by atoms with Crippen LogP contribution in [-0.4, -0.2) is 46.5 Å². The molecule has 3 N–H and O–H groups in total. The molecular formula is C22H22FN9O. The summed E-state index contributed by atoms with van der Waals surface area (Å²) < 4.78 is 18.0. The Labute approximate surface area is 189 Å². The average molecular weight is 447 g/mol. The van der Waals surface area contributed by atoms with Crippen molar-refractivity contribution in [2.75, 3.05) is 12.3 Å². The number of nitrogen functional groups attached to an aromatic ring is 1. The van der Waals surface area contributed by atoms with Crippen molar-refractivity contribution >= 4 is 5.82 Å². The number of hydrogen-bond acceptors (Lipinski definition) is 8. The minimum absolute atomic E-state index is 0.0604. The fourth-order valence-electron chi connectivity index (χ4n) is 3.26. The molecule has 10 nitrogen and oxygen atoms in total. The van der Waals surface area contributed by atoms with Gasteiger partial charge in [0.1, 0.15) is 11.4 Å². The minimum atomic E-state index is -0.797. The summed E-state index contributed by atoms with van der Waals surface area (Å²) in [7, 11) is 0. The van der Waals surface area contributed by atoms with Gasteiger partial charge in [-0.05, 0) is 38.5 Å². The molecule has 0 atom stereocenters. The normalized spacial score (nSPS) is 11.5. The van der Waals surface area contributed by atoms with Crippen LogP contribution in [0, 0.1) is 24.1 Å². The Morgan fingerprint density at radius 1 is 1.24 bits per heavy atom. The minimum Gasteiger partial charge on any atom is -0.394 e. The number of aliphatic hydroxyl groups excluding tert-OH is 1. The first-order chi connectivity index (χ1) is 15.7. The third-order valence-electron chi connectivity index (χ3n) is 5.33. The Morgan fingerprint density at radius 2 is 2.03 bits per heavy atom. The standard InChI is InChI=1S/C22H22FN9O/c1-13-14(9-24)5-4-6-16(13)21-26-19(18(23)20(25)27-21)17-11-31(30-28-17)10-15-7-8-32(29-15)22(2,3)12-33/h4-8,11,33H,10,12H2,1-3H3,(H2,25,26,27). The van der Waals surface area contributed by atoms with Crippen LogP contribution in [0.5, 0.6) is 0 Å². The molecule has 11 heteroatoms. The molecule has 0 aliphatic heterocycles. The number of benzene rings is 1. The Bertz CT molecular complexity index is 1370. The molecule has 0 amide bonds. The Hall–Kier alpha value is -4.17. The fourth-order valence-corrected chi connectivity index (χ4v) is 3.26. The van der Waals surface area contributed by atoms with E-state index >= 15 is 0 Å². The molecule has 0 unspecified atom stereocenters. The van der Waals surface area contributed by atoms with Crippen molar-refractivity contribution in [3.63, 3.8) is 0 Å². The number of aliphatic hydroxyl groups is 1. The molecule has 0 radical (unpaired) electrons. The lowest BCUT2D eigenvalue weighted by Gasteiger charge is -2.22. The van der Waals surface area contributed by atoms with Crippen molar-refractivity contribution < 1.29 is 9.50 Å². The van der Waals surface area contributed by atoms with E-state index < -0.39 is 11.4 Å². The predicted molar refractivity (Wildman–Crippen MR) is 118 cm³/mol. The van der Waals surface area contributed by atoms with E-state index in [0.29, 0.717) is 28.9 Å². The molecule has 0 bridgehead atoms. The zero-order chi connectivity index (χ0) is 23.8. The molecule has 0 fully saturated rings. The summed E-state index contributed by atoms with van der Waals surface area (Å²) in [6, 6.07) is 9.05. The van der Waals surface area contributed by atoms with E-state index in [1.54, 1.807) is 42.2 Å². The Morgan fingerprint density at radius 3 is 2.76 bits per heavy atom. The molecule has 0 saturated heterocycles. The topological polar surface area (TPSA) is 144 Å². The second kappa shape index (κ2) is 8.40. The van der Waals surface area contributed by atoms with Crippen molar-refractivity contribution in [2.24, 2.45) is 0 Å². The van der Waals surface area contributed by atoms with Gasteiger partial charge in [-0.15, -0.1) is 5.10 Å². The van der Waals surface area contributed by atoms with E-state index in [4.69, 9.17) is 5.73 Å². The van der Waals surface area contributed by atoms with Gasteiger partial charge < -0.3 is 10.8 Å². The first-order valence-electron chi connectivity index (χ1n) is 10.1. The molecule has 0 aliphatic rings. The lowest BCUT2D eigenvalue weighted by atomic mass is 10.0.